The number of esters is 1. The van der Waals surface area contributed by atoms with Gasteiger partial charge < -0.3 is 9.15 Å². The predicted molar refractivity (Wildman–Crippen MR) is 120 cm³/mol. The van der Waals surface area contributed by atoms with Gasteiger partial charge in [0.2, 0.25) is 11.2 Å². The highest BCUT2D eigenvalue weighted by atomic mass is 35.5. The Labute approximate surface area is 187 Å². The van der Waals surface area contributed by atoms with Crippen LogP contribution in [-0.4, -0.2) is 10.9 Å². The number of aryl methyl sites for hydroxylation is 1. The number of carbonyl (C=O) groups excluding carboxylic acids is 1. The fourth-order valence-electron chi connectivity index (χ4n) is 3.23. The van der Waals surface area contributed by atoms with E-state index in [1.807, 2.05) is 13.0 Å². The zero-order chi connectivity index (χ0) is 22.8. The molecule has 4 aromatic rings. The second-order valence-electron chi connectivity index (χ2n) is 6.98. The first kappa shape index (κ1) is 21.3. The maximum atomic E-state index is 13.3. The Hall–Kier alpha value is -3.97. The molecular weight excluding hydrogens is 434 g/mol. The summed E-state index contributed by atoms with van der Waals surface area (Å²) in [4.78, 5) is 36.5. The molecule has 0 bridgehead atoms. The van der Waals surface area contributed by atoms with Gasteiger partial charge in [0.15, 0.2) is 5.76 Å². The third-order valence-corrected chi connectivity index (χ3v) is 5.17. The highest BCUT2D eigenvalue weighted by molar-refractivity contribution is 6.30. The number of rotatable bonds is 5. The lowest BCUT2D eigenvalue weighted by atomic mass is 10.1. The van der Waals surface area contributed by atoms with Crippen molar-refractivity contribution in [1.29, 1.82) is 0 Å². The highest BCUT2D eigenvalue weighted by Gasteiger charge is 2.22. The number of ether oxygens (including phenoxy) is 1. The van der Waals surface area contributed by atoms with Crippen LogP contribution >= 0.6 is 11.6 Å². The number of carbonyl (C=O) groups is 1. The first-order valence-electron chi connectivity index (χ1n) is 9.69. The number of non-ortho nitro benzene ring substituents is 1. The number of hydrogen-bond acceptors (Lipinski definition) is 6. The van der Waals surface area contributed by atoms with Gasteiger partial charge in [0, 0.05) is 22.7 Å². The van der Waals surface area contributed by atoms with Crippen LogP contribution in [0.2, 0.25) is 5.02 Å². The fraction of sp³-hybridized carbons (Fsp3) is 0.0833. The summed E-state index contributed by atoms with van der Waals surface area (Å²) in [5.41, 5.74) is 0.881. The minimum atomic E-state index is -0.915. The minimum absolute atomic E-state index is 0.0576. The van der Waals surface area contributed by atoms with Crippen molar-refractivity contribution >= 4 is 34.2 Å². The molecule has 32 heavy (non-hydrogen) atoms. The van der Waals surface area contributed by atoms with E-state index in [9.17, 15) is 19.7 Å². The molecule has 0 aliphatic carbocycles. The normalized spacial score (nSPS) is 10.8. The van der Waals surface area contributed by atoms with Crippen LogP contribution in [0.3, 0.4) is 0 Å². The van der Waals surface area contributed by atoms with Crippen LogP contribution in [0.5, 0.6) is 5.75 Å². The van der Waals surface area contributed by atoms with Gasteiger partial charge in [-0.25, -0.2) is 4.79 Å². The molecule has 0 N–H and O–H groups in total. The number of nitro groups is 1. The largest absolute Gasteiger partial charge is 0.452 e. The van der Waals surface area contributed by atoms with E-state index in [2.05, 4.69) is 0 Å². The number of nitrogens with zero attached hydrogens (tertiary/aromatic N) is 1. The third-order valence-electron chi connectivity index (χ3n) is 4.92. The molecule has 8 heteroatoms. The molecule has 3 aromatic carbocycles. The van der Waals surface area contributed by atoms with E-state index in [0.717, 1.165) is 11.6 Å². The lowest BCUT2D eigenvalue weighted by molar-refractivity contribution is -0.384. The Balaban J connectivity index is 1.88. The Morgan fingerprint density at radius 3 is 2.53 bits per heavy atom. The van der Waals surface area contributed by atoms with Gasteiger partial charge in [-0.3, -0.25) is 14.9 Å². The SMILES string of the molecule is CCc1ccc2oc(-c3ccc(Cl)cc3)c(OC(=O)c3cccc([N+](=O)[O-])c3)c(=O)c2c1. The van der Waals surface area contributed by atoms with Crippen LogP contribution in [0.4, 0.5) is 5.69 Å². The van der Waals surface area contributed by atoms with Crippen molar-refractivity contribution in [3.63, 3.8) is 0 Å². The van der Waals surface area contributed by atoms with E-state index in [1.165, 1.54) is 18.2 Å². The number of hydrogen-bond donors (Lipinski definition) is 0. The summed E-state index contributed by atoms with van der Waals surface area (Å²) in [7, 11) is 0. The molecule has 160 valence electrons. The predicted octanol–water partition coefficient (Wildman–Crippen LogP) is 5.80. The summed E-state index contributed by atoms with van der Waals surface area (Å²) in [6.07, 6.45) is 0.705. The number of benzene rings is 3. The van der Waals surface area contributed by atoms with Gasteiger partial charge in [-0.2, -0.15) is 0 Å². The van der Waals surface area contributed by atoms with E-state index in [0.29, 0.717) is 22.6 Å². The lowest BCUT2D eigenvalue weighted by Gasteiger charge is -2.11. The average molecular weight is 450 g/mol. The summed E-state index contributed by atoms with van der Waals surface area (Å²) in [6.45, 7) is 1.95. The van der Waals surface area contributed by atoms with Crippen molar-refractivity contribution in [2.45, 2.75) is 13.3 Å². The molecule has 4 rings (SSSR count). The van der Waals surface area contributed by atoms with Crippen LogP contribution in [0.1, 0.15) is 22.8 Å². The molecule has 0 aliphatic rings. The molecule has 7 nitrogen and oxygen atoms in total. The van der Waals surface area contributed by atoms with Gasteiger partial charge in [0.25, 0.3) is 5.69 Å². The first-order valence-corrected chi connectivity index (χ1v) is 10.1. The molecule has 0 radical (unpaired) electrons. The zero-order valence-corrected chi connectivity index (χ0v) is 17.6. The molecule has 1 aromatic heterocycles. The number of nitro benzene ring substituents is 1. The van der Waals surface area contributed by atoms with E-state index >= 15 is 0 Å². The van der Waals surface area contributed by atoms with Crippen molar-refractivity contribution in [3.8, 4) is 17.1 Å². The van der Waals surface area contributed by atoms with Gasteiger partial charge in [-0.15, -0.1) is 0 Å². The van der Waals surface area contributed by atoms with Crippen molar-refractivity contribution in [2.75, 3.05) is 0 Å². The minimum Gasteiger partial charge on any atom is -0.452 e. The highest BCUT2D eigenvalue weighted by Crippen LogP contribution is 2.32. The van der Waals surface area contributed by atoms with Crippen LogP contribution in [-0.2, 0) is 6.42 Å². The topological polar surface area (TPSA) is 99.7 Å². The van der Waals surface area contributed by atoms with Crippen molar-refractivity contribution in [1.82, 2.24) is 0 Å². The van der Waals surface area contributed by atoms with Gasteiger partial charge in [-0.1, -0.05) is 30.7 Å². The smallest absolute Gasteiger partial charge is 0.344 e. The first-order chi connectivity index (χ1) is 15.4. The maximum absolute atomic E-state index is 13.3. The van der Waals surface area contributed by atoms with E-state index in [4.69, 9.17) is 20.8 Å². The standard InChI is InChI=1S/C24H16ClNO6/c1-2-14-6-11-20-19(12-14)21(27)23(22(31-20)15-7-9-17(25)10-8-15)32-24(28)16-4-3-5-18(13-16)26(29)30/h3-13H,2H2,1H3. The van der Waals surface area contributed by atoms with Crippen molar-refractivity contribution in [2.24, 2.45) is 0 Å². The number of fused-ring (bicyclic) bond motifs is 1. The van der Waals surface area contributed by atoms with Crippen LogP contribution in [0.15, 0.2) is 75.9 Å². The van der Waals surface area contributed by atoms with Gasteiger partial charge in [0.05, 0.1) is 15.9 Å². The van der Waals surface area contributed by atoms with Crippen LogP contribution in [0, 0.1) is 10.1 Å². The van der Waals surface area contributed by atoms with Crippen LogP contribution < -0.4 is 10.2 Å². The molecule has 0 saturated carbocycles. The van der Waals surface area contributed by atoms with E-state index < -0.39 is 16.3 Å². The van der Waals surface area contributed by atoms with E-state index in [1.54, 1.807) is 36.4 Å². The van der Waals surface area contributed by atoms with E-state index in [-0.39, 0.29) is 28.1 Å². The second-order valence-corrected chi connectivity index (χ2v) is 7.41. The average Bonchev–Trinajstić information content (AvgIpc) is 2.81. The van der Waals surface area contributed by atoms with Gasteiger partial charge >= 0.3 is 5.97 Å². The van der Waals surface area contributed by atoms with Crippen LogP contribution in [0.25, 0.3) is 22.3 Å². The second kappa shape index (κ2) is 8.64. The Morgan fingerprint density at radius 1 is 1.09 bits per heavy atom. The molecule has 0 aliphatic heterocycles. The molecule has 0 amide bonds. The molecule has 0 spiro atoms. The summed E-state index contributed by atoms with van der Waals surface area (Å²) in [6, 6.07) is 16.8. The van der Waals surface area contributed by atoms with Gasteiger partial charge in [-0.05, 0) is 54.4 Å². The molecule has 0 saturated heterocycles. The summed E-state index contributed by atoms with van der Waals surface area (Å²) in [5, 5.41) is 11.8. The zero-order valence-electron chi connectivity index (χ0n) is 16.8. The van der Waals surface area contributed by atoms with Crippen molar-refractivity contribution < 1.29 is 18.9 Å². The Bertz CT molecular complexity index is 1410. The van der Waals surface area contributed by atoms with Gasteiger partial charge in [0.1, 0.15) is 5.58 Å². The third kappa shape index (κ3) is 4.10. The maximum Gasteiger partial charge on any atom is 0.344 e. The Kier molecular flexibility index (Phi) is 5.75. The van der Waals surface area contributed by atoms with Crippen molar-refractivity contribution in [3.05, 3.63) is 103 Å². The number of halogens is 1. The summed E-state index contributed by atoms with van der Waals surface area (Å²) < 4.78 is 11.4. The monoisotopic (exact) mass is 449 g/mol. The molecular formula is C24H16ClNO6. The molecule has 0 fully saturated rings. The molecule has 0 unspecified atom stereocenters. The summed E-state index contributed by atoms with van der Waals surface area (Å²) in [5.74, 6) is -1.16. The quantitative estimate of drug-likeness (QED) is 0.217. The Morgan fingerprint density at radius 2 is 1.84 bits per heavy atom. The fourth-order valence-corrected chi connectivity index (χ4v) is 3.35. The molecule has 1 heterocycles. The molecule has 0 atom stereocenters. The lowest BCUT2D eigenvalue weighted by Crippen LogP contribution is -2.16. The summed E-state index contributed by atoms with van der Waals surface area (Å²) >= 11 is 5.97.